The molecule has 1 aromatic heterocycles. The molecule has 0 aliphatic heterocycles. The quantitative estimate of drug-likeness (QED) is 0.564. The Kier molecular flexibility index (Phi) is 5.13. The van der Waals surface area contributed by atoms with Crippen LogP contribution in [0.4, 0.5) is 13.2 Å². The van der Waals surface area contributed by atoms with Crippen molar-refractivity contribution >= 4 is 27.0 Å². The number of hydrogen-bond acceptors (Lipinski definition) is 4. The molecule has 0 fully saturated rings. The smallest absolute Gasteiger partial charge is 0.389 e. The number of hydrogen-bond donors (Lipinski definition) is 0. The Hall–Kier alpha value is -2.60. The van der Waals surface area contributed by atoms with E-state index in [1.54, 1.807) is 36.4 Å². The van der Waals surface area contributed by atoms with Gasteiger partial charge in [-0.05, 0) is 46.6 Å². The van der Waals surface area contributed by atoms with E-state index >= 15 is 0 Å². The van der Waals surface area contributed by atoms with E-state index in [4.69, 9.17) is 10.00 Å². The Morgan fingerprint density at radius 3 is 2.65 bits per heavy atom. The number of ether oxygens (including phenoxy) is 1. The summed E-state index contributed by atoms with van der Waals surface area (Å²) in [5, 5.41) is 17.1. The summed E-state index contributed by atoms with van der Waals surface area (Å²) in [5.74, 6) is 0.829. The third-order valence-corrected chi connectivity index (χ3v) is 4.41. The highest BCUT2D eigenvalue weighted by Crippen LogP contribution is 2.36. The fourth-order valence-electron chi connectivity index (χ4n) is 2.43. The molecule has 0 saturated carbocycles. The van der Waals surface area contributed by atoms with Crippen molar-refractivity contribution in [2.45, 2.75) is 25.6 Å². The SMILES string of the molecule is N#Cc1ccccc1Oc1ccc2c(nnn2CCCC(F)(F)F)c1Br. The molecule has 0 bridgehead atoms. The maximum absolute atomic E-state index is 12.3. The third kappa shape index (κ3) is 3.96. The molecule has 3 rings (SSSR count). The van der Waals surface area contributed by atoms with Gasteiger partial charge in [-0.1, -0.05) is 17.3 Å². The van der Waals surface area contributed by atoms with E-state index in [9.17, 15) is 13.2 Å². The highest BCUT2D eigenvalue weighted by Gasteiger charge is 2.26. The molecular weight excluding hydrogens is 413 g/mol. The average molecular weight is 425 g/mol. The lowest BCUT2D eigenvalue weighted by Crippen LogP contribution is -2.09. The van der Waals surface area contributed by atoms with Crippen LogP contribution in [0.2, 0.25) is 0 Å². The van der Waals surface area contributed by atoms with Crippen LogP contribution in [0.5, 0.6) is 11.5 Å². The maximum Gasteiger partial charge on any atom is 0.389 e. The molecule has 2 aromatic carbocycles. The molecule has 0 radical (unpaired) electrons. The summed E-state index contributed by atoms with van der Waals surface area (Å²) < 4.78 is 44.6. The number of benzene rings is 2. The number of aromatic nitrogens is 3. The largest absolute Gasteiger partial charge is 0.455 e. The molecule has 0 saturated heterocycles. The van der Waals surface area contributed by atoms with E-state index in [1.807, 2.05) is 6.07 Å². The number of para-hydroxylation sites is 1. The minimum atomic E-state index is -4.19. The zero-order valence-corrected chi connectivity index (χ0v) is 14.9. The first-order valence-electron chi connectivity index (χ1n) is 7.64. The Balaban J connectivity index is 1.85. The van der Waals surface area contributed by atoms with Crippen LogP contribution in [0, 0.1) is 11.3 Å². The van der Waals surface area contributed by atoms with E-state index in [0.29, 0.717) is 32.6 Å². The van der Waals surface area contributed by atoms with Gasteiger partial charge in [0.1, 0.15) is 23.1 Å². The van der Waals surface area contributed by atoms with Gasteiger partial charge >= 0.3 is 6.18 Å². The van der Waals surface area contributed by atoms with E-state index < -0.39 is 12.6 Å². The molecule has 0 N–H and O–H groups in total. The van der Waals surface area contributed by atoms with Crippen molar-refractivity contribution in [1.82, 2.24) is 15.0 Å². The maximum atomic E-state index is 12.3. The van der Waals surface area contributed by atoms with Crippen LogP contribution < -0.4 is 4.74 Å². The van der Waals surface area contributed by atoms with Crippen molar-refractivity contribution in [3.05, 3.63) is 46.4 Å². The highest BCUT2D eigenvalue weighted by atomic mass is 79.9. The Labute approximate surface area is 155 Å². The van der Waals surface area contributed by atoms with Gasteiger partial charge in [-0.3, -0.25) is 0 Å². The van der Waals surface area contributed by atoms with Crippen LogP contribution in [0.15, 0.2) is 40.9 Å². The van der Waals surface area contributed by atoms with Crippen LogP contribution >= 0.6 is 15.9 Å². The Morgan fingerprint density at radius 2 is 1.92 bits per heavy atom. The van der Waals surface area contributed by atoms with Gasteiger partial charge < -0.3 is 4.74 Å². The van der Waals surface area contributed by atoms with Crippen LogP contribution in [-0.4, -0.2) is 21.2 Å². The van der Waals surface area contributed by atoms with Crippen LogP contribution in [0.3, 0.4) is 0 Å². The van der Waals surface area contributed by atoms with Gasteiger partial charge in [0.2, 0.25) is 0 Å². The van der Waals surface area contributed by atoms with Crippen molar-refractivity contribution in [2.24, 2.45) is 0 Å². The molecule has 0 unspecified atom stereocenters. The minimum absolute atomic E-state index is 0.0760. The van der Waals surface area contributed by atoms with Crippen molar-refractivity contribution in [3.8, 4) is 17.6 Å². The summed E-state index contributed by atoms with van der Waals surface area (Å²) in [6, 6.07) is 12.2. The molecule has 0 spiro atoms. The Morgan fingerprint density at radius 1 is 1.15 bits per heavy atom. The summed E-state index contributed by atoms with van der Waals surface area (Å²) in [6.07, 6.45) is -5.14. The van der Waals surface area contributed by atoms with Crippen molar-refractivity contribution < 1.29 is 17.9 Å². The molecule has 1 heterocycles. The number of fused-ring (bicyclic) bond motifs is 1. The first kappa shape index (κ1) is 18.2. The molecule has 0 atom stereocenters. The number of rotatable bonds is 5. The molecular formula is C17H12BrF3N4O. The van der Waals surface area contributed by atoms with Gasteiger partial charge in [0, 0.05) is 13.0 Å². The first-order chi connectivity index (χ1) is 12.4. The monoisotopic (exact) mass is 424 g/mol. The average Bonchev–Trinajstić information content (AvgIpc) is 3.00. The summed E-state index contributed by atoms with van der Waals surface area (Å²) >= 11 is 3.40. The van der Waals surface area contributed by atoms with Gasteiger partial charge in [-0.2, -0.15) is 18.4 Å². The number of aryl methyl sites for hydroxylation is 1. The summed E-state index contributed by atoms with van der Waals surface area (Å²) in [6.45, 7) is 0.111. The van der Waals surface area contributed by atoms with Crippen molar-refractivity contribution in [1.29, 1.82) is 5.26 Å². The topological polar surface area (TPSA) is 63.7 Å². The van der Waals surface area contributed by atoms with E-state index in [-0.39, 0.29) is 13.0 Å². The lowest BCUT2D eigenvalue weighted by molar-refractivity contribution is -0.136. The van der Waals surface area contributed by atoms with Gasteiger partial charge in [0.05, 0.1) is 15.6 Å². The second-order valence-electron chi connectivity index (χ2n) is 5.49. The predicted octanol–water partition coefficient (Wildman–Crippen LogP) is 5.20. The number of nitriles is 1. The molecule has 5 nitrogen and oxygen atoms in total. The summed E-state index contributed by atoms with van der Waals surface area (Å²) in [7, 11) is 0. The second kappa shape index (κ2) is 7.33. The van der Waals surface area contributed by atoms with Gasteiger partial charge in [0.25, 0.3) is 0 Å². The zero-order chi connectivity index (χ0) is 18.7. The van der Waals surface area contributed by atoms with Gasteiger partial charge in [0.15, 0.2) is 0 Å². The van der Waals surface area contributed by atoms with Crippen molar-refractivity contribution in [2.75, 3.05) is 0 Å². The summed E-state index contributed by atoms with van der Waals surface area (Å²) in [4.78, 5) is 0. The molecule has 26 heavy (non-hydrogen) atoms. The van der Waals surface area contributed by atoms with Crippen LogP contribution in [-0.2, 0) is 6.54 Å². The zero-order valence-electron chi connectivity index (χ0n) is 13.3. The fraction of sp³-hybridized carbons (Fsp3) is 0.235. The summed E-state index contributed by atoms with van der Waals surface area (Å²) in [5.41, 5.74) is 1.46. The molecule has 0 amide bonds. The lowest BCUT2D eigenvalue weighted by atomic mass is 10.2. The molecule has 9 heteroatoms. The standard InChI is InChI=1S/C17H12BrF3N4O/c18-15-14(26-13-5-2-1-4-11(13)10-22)7-6-12-16(15)23-24-25(12)9-3-8-17(19,20)21/h1-2,4-7H,3,8-9H2. The lowest BCUT2D eigenvalue weighted by Gasteiger charge is -2.10. The van der Waals surface area contributed by atoms with Gasteiger partial charge in [-0.15, -0.1) is 5.10 Å². The third-order valence-electron chi connectivity index (χ3n) is 3.65. The van der Waals surface area contributed by atoms with Crippen LogP contribution in [0.25, 0.3) is 11.0 Å². The van der Waals surface area contributed by atoms with E-state index in [1.165, 1.54) is 4.68 Å². The number of nitrogens with zero attached hydrogens (tertiary/aromatic N) is 4. The van der Waals surface area contributed by atoms with Gasteiger partial charge in [-0.25, -0.2) is 4.68 Å². The van der Waals surface area contributed by atoms with Crippen LogP contribution in [0.1, 0.15) is 18.4 Å². The Bertz CT molecular complexity index is 978. The van der Waals surface area contributed by atoms with E-state index in [0.717, 1.165) is 0 Å². The number of halogens is 4. The number of alkyl halides is 3. The minimum Gasteiger partial charge on any atom is -0.455 e. The molecule has 0 aliphatic carbocycles. The van der Waals surface area contributed by atoms with Crippen molar-refractivity contribution in [3.63, 3.8) is 0 Å². The molecule has 0 aliphatic rings. The predicted molar refractivity (Wildman–Crippen MR) is 91.7 cm³/mol. The molecule has 3 aromatic rings. The second-order valence-corrected chi connectivity index (χ2v) is 6.28. The first-order valence-corrected chi connectivity index (χ1v) is 8.44. The molecule has 134 valence electrons. The fourth-order valence-corrected chi connectivity index (χ4v) is 2.92. The normalized spacial score (nSPS) is 11.5. The van der Waals surface area contributed by atoms with E-state index in [2.05, 4.69) is 26.2 Å². The highest BCUT2D eigenvalue weighted by molar-refractivity contribution is 9.10.